The van der Waals surface area contributed by atoms with Crippen LogP contribution in [-0.4, -0.2) is 16.3 Å². The average molecular weight is 201 g/mol. The van der Waals surface area contributed by atoms with Crippen LogP contribution in [0, 0.1) is 0 Å². The Morgan fingerprint density at radius 1 is 1.46 bits per heavy atom. The molecule has 0 saturated carbocycles. The topological polar surface area (TPSA) is 40.5 Å². The number of halogens is 1. The number of aromatic hydroxyl groups is 1. The third-order valence-electron chi connectivity index (χ3n) is 1.87. The Kier molecular flexibility index (Phi) is 3.58. The number of hydrogen-bond donors (Lipinski definition) is 2. The molecule has 72 valence electrons. The Hall–Kier alpha value is -0.730. The van der Waals surface area contributed by atoms with Crippen molar-refractivity contribution in [2.24, 2.45) is 0 Å². The first-order valence-electron chi connectivity index (χ1n) is 4.25. The van der Waals surface area contributed by atoms with Gasteiger partial charge in [-0.25, -0.2) is 0 Å². The molecule has 0 fully saturated rings. The highest BCUT2D eigenvalue weighted by atomic mass is 35.5. The van der Waals surface area contributed by atoms with Crippen LogP contribution in [0.4, 0.5) is 0 Å². The van der Waals surface area contributed by atoms with Gasteiger partial charge in [0.25, 0.3) is 0 Å². The van der Waals surface area contributed by atoms with Gasteiger partial charge in [0.2, 0.25) is 0 Å². The van der Waals surface area contributed by atoms with E-state index in [0.29, 0.717) is 17.9 Å². The summed E-state index contributed by atoms with van der Waals surface area (Å²) >= 11 is 5.76. The SMILES string of the molecule is CC(O)CCc1cc(Cl)ccc1O. The molecule has 1 atom stereocenters. The Morgan fingerprint density at radius 2 is 2.15 bits per heavy atom. The number of phenols is 1. The van der Waals surface area contributed by atoms with Gasteiger partial charge in [-0.2, -0.15) is 0 Å². The van der Waals surface area contributed by atoms with Gasteiger partial charge in [0.05, 0.1) is 6.10 Å². The van der Waals surface area contributed by atoms with E-state index in [4.69, 9.17) is 16.7 Å². The molecule has 0 aliphatic carbocycles. The predicted octanol–water partition coefficient (Wildman–Crippen LogP) is 2.36. The van der Waals surface area contributed by atoms with Gasteiger partial charge in [-0.05, 0) is 43.5 Å². The van der Waals surface area contributed by atoms with Crippen LogP contribution in [0.3, 0.4) is 0 Å². The largest absolute Gasteiger partial charge is 0.508 e. The van der Waals surface area contributed by atoms with Crippen molar-refractivity contribution in [1.29, 1.82) is 0 Å². The van der Waals surface area contributed by atoms with Crippen LogP contribution in [0.2, 0.25) is 5.02 Å². The minimum atomic E-state index is -0.349. The fourth-order valence-corrected chi connectivity index (χ4v) is 1.31. The molecule has 0 aliphatic rings. The second-order valence-corrected chi connectivity index (χ2v) is 3.60. The van der Waals surface area contributed by atoms with Gasteiger partial charge in [-0.1, -0.05) is 11.6 Å². The summed E-state index contributed by atoms with van der Waals surface area (Å²) in [6.45, 7) is 1.72. The normalized spacial score (nSPS) is 12.8. The van der Waals surface area contributed by atoms with Gasteiger partial charge < -0.3 is 10.2 Å². The molecule has 0 radical (unpaired) electrons. The van der Waals surface area contributed by atoms with Gasteiger partial charge in [0.1, 0.15) is 5.75 Å². The summed E-state index contributed by atoms with van der Waals surface area (Å²) in [4.78, 5) is 0. The van der Waals surface area contributed by atoms with Crippen molar-refractivity contribution < 1.29 is 10.2 Å². The first-order chi connectivity index (χ1) is 6.09. The van der Waals surface area contributed by atoms with Gasteiger partial charge >= 0.3 is 0 Å². The minimum absolute atomic E-state index is 0.241. The fraction of sp³-hybridized carbons (Fsp3) is 0.400. The van der Waals surface area contributed by atoms with E-state index in [0.717, 1.165) is 5.56 Å². The standard InChI is InChI=1S/C10H13ClO2/c1-7(12)2-3-8-6-9(11)4-5-10(8)13/h4-7,12-13H,2-3H2,1H3. The van der Waals surface area contributed by atoms with E-state index in [1.165, 1.54) is 0 Å². The highest BCUT2D eigenvalue weighted by molar-refractivity contribution is 6.30. The zero-order chi connectivity index (χ0) is 9.84. The summed E-state index contributed by atoms with van der Waals surface area (Å²) in [5.41, 5.74) is 0.786. The maximum atomic E-state index is 9.41. The smallest absolute Gasteiger partial charge is 0.118 e. The summed E-state index contributed by atoms with van der Waals surface area (Å²) in [5.74, 6) is 0.241. The zero-order valence-corrected chi connectivity index (χ0v) is 8.25. The first-order valence-corrected chi connectivity index (χ1v) is 4.63. The number of phenolic OH excluding ortho intramolecular Hbond substituents is 1. The molecular weight excluding hydrogens is 188 g/mol. The third-order valence-corrected chi connectivity index (χ3v) is 2.11. The Morgan fingerprint density at radius 3 is 2.77 bits per heavy atom. The van der Waals surface area contributed by atoms with E-state index in [-0.39, 0.29) is 11.9 Å². The summed E-state index contributed by atoms with van der Waals surface area (Å²) in [6, 6.07) is 4.93. The van der Waals surface area contributed by atoms with E-state index in [1.54, 1.807) is 25.1 Å². The number of aliphatic hydroxyl groups excluding tert-OH is 1. The van der Waals surface area contributed by atoms with Crippen molar-refractivity contribution in [3.63, 3.8) is 0 Å². The first kappa shape index (κ1) is 10.4. The number of aliphatic hydroxyl groups is 1. The quantitative estimate of drug-likeness (QED) is 0.787. The average Bonchev–Trinajstić information content (AvgIpc) is 2.06. The molecule has 0 aromatic heterocycles. The van der Waals surface area contributed by atoms with E-state index in [2.05, 4.69) is 0 Å². The van der Waals surface area contributed by atoms with E-state index in [9.17, 15) is 5.11 Å². The lowest BCUT2D eigenvalue weighted by Crippen LogP contribution is -2.01. The predicted molar refractivity (Wildman–Crippen MR) is 53.1 cm³/mol. The molecule has 2 nitrogen and oxygen atoms in total. The Labute approximate surface area is 82.8 Å². The minimum Gasteiger partial charge on any atom is -0.508 e. The summed E-state index contributed by atoms with van der Waals surface area (Å²) in [5, 5.41) is 19.1. The molecule has 0 saturated heterocycles. The fourth-order valence-electron chi connectivity index (χ4n) is 1.12. The van der Waals surface area contributed by atoms with Crippen molar-refractivity contribution in [3.8, 4) is 5.75 Å². The molecule has 1 aromatic rings. The van der Waals surface area contributed by atoms with Crippen LogP contribution < -0.4 is 0 Å². The van der Waals surface area contributed by atoms with Gasteiger partial charge in [0, 0.05) is 5.02 Å². The molecule has 2 N–H and O–H groups in total. The Balaban J connectivity index is 2.70. The van der Waals surface area contributed by atoms with Crippen LogP contribution in [-0.2, 0) is 6.42 Å². The molecule has 0 bridgehead atoms. The van der Waals surface area contributed by atoms with Crippen LogP contribution in [0.5, 0.6) is 5.75 Å². The highest BCUT2D eigenvalue weighted by Crippen LogP contribution is 2.22. The molecule has 13 heavy (non-hydrogen) atoms. The number of benzene rings is 1. The van der Waals surface area contributed by atoms with Crippen molar-refractivity contribution in [2.45, 2.75) is 25.9 Å². The van der Waals surface area contributed by atoms with Crippen molar-refractivity contribution in [1.82, 2.24) is 0 Å². The lowest BCUT2D eigenvalue weighted by Gasteiger charge is -2.06. The molecule has 1 unspecified atom stereocenters. The summed E-state index contributed by atoms with van der Waals surface area (Å²) in [7, 11) is 0. The maximum Gasteiger partial charge on any atom is 0.118 e. The molecule has 1 aromatic carbocycles. The summed E-state index contributed by atoms with van der Waals surface area (Å²) in [6.07, 6.45) is 0.927. The number of aryl methyl sites for hydroxylation is 1. The van der Waals surface area contributed by atoms with Crippen LogP contribution in [0.15, 0.2) is 18.2 Å². The van der Waals surface area contributed by atoms with Crippen molar-refractivity contribution >= 4 is 11.6 Å². The van der Waals surface area contributed by atoms with Gasteiger partial charge in [-0.15, -0.1) is 0 Å². The van der Waals surface area contributed by atoms with E-state index >= 15 is 0 Å². The molecule has 3 heteroatoms. The van der Waals surface area contributed by atoms with Gasteiger partial charge in [-0.3, -0.25) is 0 Å². The van der Waals surface area contributed by atoms with Crippen LogP contribution in [0.25, 0.3) is 0 Å². The lowest BCUT2D eigenvalue weighted by molar-refractivity contribution is 0.184. The summed E-state index contributed by atoms with van der Waals surface area (Å²) < 4.78 is 0. The molecule has 0 spiro atoms. The number of rotatable bonds is 3. The third kappa shape index (κ3) is 3.25. The molecule has 0 heterocycles. The zero-order valence-electron chi connectivity index (χ0n) is 7.50. The second-order valence-electron chi connectivity index (χ2n) is 3.16. The molecular formula is C10H13ClO2. The monoisotopic (exact) mass is 200 g/mol. The van der Waals surface area contributed by atoms with Crippen molar-refractivity contribution in [2.75, 3.05) is 0 Å². The molecule has 1 rings (SSSR count). The molecule has 0 amide bonds. The lowest BCUT2D eigenvalue weighted by atomic mass is 10.1. The van der Waals surface area contributed by atoms with Gasteiger partial charge in [0.15, 0.2) is 0 Å². The van der Waals surface area contributed by atoms with Crippen molar-refractivity contribution in [3.05, 3.63) is 28.8 Å². The number of hydrogen-bond acceptors (Lipinski definition) is 2. The van der Waals surface area contributed by atoms with E-state index in [1.807, 2.05) is 0 Å². The molecule has 0 aliphatic heterocycles. The van der Waals surface area contributed by atoms with Crippen LogP contribution >= 0.6 is 11.6 Å². The second kappa shape index (κ2) is 4.49. The van der Waals surface area contributed by atoms with E-state index < -0.39 is 0 Å². The highest BCUT2D eigenvalue weighted by Gasteiger charge is 2.03. The maximum absolute atomic E-state index is 9.41. The Bertz CT molecular complexity index is 284. The van der Waals surface area contributed by atoms with Crippen LogP contribution in [0.1, 0.15) is 18.9 Å².